The summed E-state index contributed by atoms with van der Waals surface area (Å²) in [6.45, 7) is 7.14. The number of ether oxygens (including phenoxy) is 2. The van der Waals surface area contributed by atoms with Crippen molar-refractivity contribution in [2.45, 2.75) is 38.4 Å². The van der Waals surface area contributed by atoms with Gasteiger partial charge in [-0.15, -0.1) is 0 Å². The number of ketones is 1. The summed E-state index contributed by atoms with van der Waals surface area (Å²) in [5.41, 5.74) is -0.254. The molecule has 0 aromatic heterocycles. The third-order valence-corrected chi connectivity index (χ3v) is 3.63. The van der Waals surface area contributed by atoms with Gasteiger partial charge in [-0.05, 0) is 13.8 Å². The normalized spacial score (nSPS) is 33.9. The van der Waals surface area contributed by atoms with Crippen molar-refractivity contribution in [1.82, 2.24) is 0 Å². The SMILES string of the molecule is C=C(C[C@]1(C)OC(C)=CC1=O)[C@H]1CC(=O)O[C@@H]1CO. The number of esters is 1. The van der Waals surface area contributed by atoms with Gasteiger partial charge >= 0.3 is 5.97 Å². The molecule has 1 fully saturated rings. The van der Waals surface area contributed by atoms with Gasteiger partial charge in [0.1, 0.15) is 6.10 Å². The molecule has 2 heterocycles. The number of carbonyl (C=O) groups is 2. The van der Waals surface area contributed by atoms with Crippen LogP contribution in [0.1, 0.15) is 26.7 Å². The lowest BCUT2D eigenvalue weighted by Gasteiger charge is -2.27. The molecule has 2 aliphatic rings. The van der Waals surface area contributed by atoms with E-state index in [0.717, 1.165) is 0 Å². The van der Waals surface area contributed by atoms with Crippen LogP contribution in [0, 0.1) is 5.92 Å². The number of cyclic esters (lactones) is 1. The van der Waals surface area contributed by atoms with Crippen molar-refractivity contribution in [2.24, 2.45) is 5.92 Å². The highest BCUT2D eigenvalue weighted by Crippen LogP contribution is 2.36. The number of allylic oxidation sites excluding steroid dienone is 1. The second kappa shape index (κ2) is 4.81. The Morgan fingerprint density at radius 1 is 1.58 bits per heavy atom. The maximum absolute atomic E-state index is 11.9. The molecule has 0 spiro atoms. The van der Waals surface area contributed by atoms with Crippen LogP contribution >= 0.6 is 0 Å². The minimum atomic E-state index is -0.952. The van der Waals surface area contributed by atoms with E-state index in [1.807, 2.05) is 0 Å². The minimum Gasteiger partial charge on any atom is -0.484 e. The van der Waals surface area contributed by atoms with Gasteiger partial charge in [-0.3, -0.25) is 9.59 Å². The molecule has 5 heteroatoms. The zero-order valence-corrected chi connectivity index (χ0v) is 11.1. The largest absolute Gasteiger partial charge is 0.484 e. The van der Waals surface area contributed by atoms with Gasteiger partial charge in [0.05, 0.1) is 18.8 Å². The van der Waals surface area contributed by atoms with Gasteiger partial charge in [0.2, 0.25) is 5.78 Å². The minimum absolute atomic E-state index is 0.100. The van der Waals surface area contributed by atoms with Crippen LogP contribution in [0.2, 0.25) is 0 Å². The summed E-state index contributed by atoms with van der Waals surface area (Å²) in [5, 5.41) is 9.20. The lowest BCUT2D eigenvalue weighted by molar-refractivity contribution is -0.142. The molecule has 2 rings (SSSR count). The molecule has 5 nitrogen and oxygen atoms in total. The van der Waals surface area contributed by atoms with Crippen molar-refractivity contribution in [3.63, 3.8) is 0 Å². The Labute approximate surface area is 111 Å². The van der Waals surface area contributed by atoms with Gasteiger partial charge < -0.3 is 14.6 Å². The third kappa shape index (κ3) is 2.56. The van der Waals surface area contributed by atoms with Crippen molar-refractivity contribution in [2.75, 3.05) is 6.61 Å². The Morgan fingerprint density at radius 2 is 2.26 bits per heavy atom. The Bertz CT molecular complexity index is 464. The first kappa shape index (κ1) is 13.8. The molecule has 2 aliphatic heterocycles. The first-order valence-electron chi connectivity index (χ1n) is 6.25. The molecular formula is C14H18O5. The zero-order valence-electron chi connectivity index (χ0n) is 11.1. The standard InChI is InChI=1S/C14H18O5/c1-8(10-5-13(17)18-11(10)7-15)6-14(3)12(16)4-9(2)19-14/h4,10-11,15H,1,5-7H2,2-3H3/t10-,11-,14+/m1/s1. The first-order chi connectivity index (χ1) is 8.85. The van der Waals surface area contributed by atoms with Crippen LogP contribution < -0.4 is 0 Å². The number of carbonyl (C=O) groups excluding carboxylic acids is 2. The number of hydrogen-bond acceptors (Lipinski definition) is 5. The fraction of sp³-hybridized carbons (Fsp3) is 0.571. The molecule has 0 aliphatic carbocycles. The summed E-state index contributed by atoms with van der Waals surface area (Å²) < 4.78 is 10.6. The predicted molar refractivity (Wildman–Crippen MR) is 67.1 cm³/mol. The van der Waals surface area contributed by atoms with Gasteiger partial charge in [-0.1, -0.05) is 12.2 Å². The second-order valence-corrected chi connectivity index (χ2v) is 5.31. The second-order valence-electron chi connectivity index (χ2n) is 5.31. The van der Waals surface area contributed by atoms with Gasteiger partial charge in [-0.2, -0.15) is 0 Å². The van der Waals surface area contributed by atoms with E-state index < -0.39 is 11.7 Å². The van der Waals surface area contributed by atoms with E-state index in [1.54, 1.807) is 13.8 Å². The lowest BCUT2D eigenvalue weighted by Crippen LogP contribution is -2.35. The smallest absolute Gasteiger partial charge is 0.306 e. The quantitative estimate of drug-likeness (QED) is 0.609. The molecule has 19 heavy (non-hydrogen) atoms. The molecule has 0 unspecified atom stereocenters. The molecular weight excluding hydrogens is 248 g/mol. The maximum Gasteiger partial charge on any atom is 0.306 e. The van der Waals surface area contributed by atoms with Crippen molar-refractivity contribution < 1.29 is 24.2 Å². The molecule has 0 radical (unpaired) electrons. The fourth-order valence-electron chi connectivity index (χ4n) is 2.64. The summed E-state index contributed by atoms with van der Waals surface area (Å²) >= 11 is 0. The molecule has 0 bridgehead atoms. The zero-order chi connectivity index (χ0) is 14.2. The number of rotatable bonds is 4. The highest BCUT2D eigenvalue weighted by Gasteiger charge is 2.43. The summed E-state index contributed by atoms with van der Waals surface area (Å²) in [6, 6.07) is 0. The average molecular weight is 266 g/mol. The molecule has 104 valence electrons. The van der Waals surface area contributed by atoms with Gasteiger partial charge in [0, 0.05) is 18.4 Å². The van der Waals surface area contributed by atoms with Crippen LogP contribution in [0.25, 0.3) is 0 Å². The Kier molecular flexibility index (Phi) is 3.49. The molecule has 0 aromatic rings. The lowest BCUT2D eigenvalue weighted by atomic mass is 9.84. The van der Waals surface area contributed by atoms with Crippen LogP contribution in [-0.2, 0) is 19.1 Å². The Hall–Kier alpha value is -1.62. The summed E-state index contributed by atoms with van der Waals surface area (Å²) in [5.74, 6) is -0.121. The van der Waals surface area contributed by atoms with Crippen LogP contribution in [0.3, 0.4) is 0 Å². The molecule has 3 atom stereocenters. The van der Waals surface area contributed by atoms with Crippen molar-refractivity contribution in [1.29, 1.82) is 0 Å². The molecule has 0 amide bonds. The summed E-state index contributed by atoms with van der Waals surface area (Å²) in [7, 11) is 0. The van der Waals surface area contributed by atoms with E-state index in [-0.39, 0.29) is 30.7 Å². The highest BCUT2D eigenvalue weighted by molar-refractivity contribution is 5.99. The molecule has 1 saturated heterocycles. The van der Waals surface area contributed by atoms with E-state index >= 15 is 0 Å². The van der Waals surface area contributed by atoms with E-state index in [4.69, 9.17) is 9.47 Å². The van der Waals surface area contributed by atoms with E-state index in [9.17, 15) is 14.7 Å². The molecule has 0 aromatic carbocycles. The topological polar surface area (TPSA) is 72.8 Å². The van der Waals surface area contributed by atoms with Gasteiger partial charge in [-0.25, -0.2) is 0 Å². The van der Waals surface area contributed by atoms with E-state index in [1.165, 1.54) is 6.08 Å². The van der Waals surface area contributed by atoms with Crippen LogP contribution in [0.5, 0.6) is 0 Å². The van der Waals surface area contributed by atoms with Gasteiger partial charge in [0.25, 0.3) is 0 Å². The predicted octanol–water partition coefficient (Wildman–Crippen LogP) is 1.12. The number of hydrogen-bond donors (Lipinski definition) is 1. The van der Waals surface area contributed by atoms with Gasteiger partial charge in [0.15, 0.2) is 5.60 Å². The van der Waals surface area contributed by atoms with Crippen LogP contribution in [0.15, 0.2) is 24.0 Å². The summed E-state index contributed by atoms with van der Waals surface area (Å²) in [4.78, 5) is 23.2. The summed E-state index contributed by atoms with van der Waals surface area (Å²) in [6.07, 6.45) is 1.42. The van der Waals surface area contributed by atoms with Crippen molar-refractivity contribution in [3.05, 3.63) is 24.0 Å². The highest BCUT2D eigenvalue weighted by atomic mass is 16.6. The number of aliphatic hydroxyl groups excluding tert-OH is 1. The molecule has 0 saturated carbocycles. The molecule has 1 N–H and O–H groups in total. The van der Waals surface area contributed by atoms with Crippen molar-refractivity contribution >= 4 is 11.8 Å². The van der Waals surface area contributed by atoms with Crippen molar-refractivity contribution in [3.8, 4) is 0 Å². The Balaban J connectivity index is 2.06. The monoisotopic (exact) mass is 266 g/mol. The van der Waals surface area contributed by atoms with Crippen LogP contribution in [-0.4, -0.2) is 35.2 Å². The van der Waals surface area contributed by atoms with E-state index in [0.29, 0.717) is 17.8 Å². The Morgan fingerprint density at radius 3 is 2.79 bits per heavy atom. The number of aliphatic hydroxyl groups is 1. The van der Waals surface area contributed by atoms with E-state index in [2.05, 4.69) is 6.58 Å². The fourth-order valence-corrected chi connectivity index (χ4v) is 2.64. The first-order valence-corrected chi connectivity index (χ1v) is 6.25. The van der Waals surface area contributed by atoms with Crippen LogP contribution in [0.4, 0.5) is 0 Å². The maximum atomic E-state index is 11.9. The average Bonchev–Trinajstić information content (AvgIpc) is 2.80. The third-order valence-electron chi connectivity index (χ3n) is 3.63.